The van der Waals surface area contributed by atoms with Crippen molar-refractivity contribution in [3.05, 3.63) is 30.5 Å². The fourth-order valence-electron chi connectivity index (χ4n) is 4.05. The van der Waals surface area contributed by atoms with Crippen LogP contribution >= 0.6 is 0 Å². The third kappa shape index (κ3) is 3.62. The van der Waals surface area contributed by atoms with Crippen molar-refractivity contribution in [1.82, 2.24) is 9.97 Å². The topological polar surface area (TPSA) is 113 Å². The number of furan rings is 1. The Bertz CT molecular complexity index is 1180. The fourth-order valence-corrected chi connectivity index (χ4v) is 4.05. The number of fused-ring (bicyclic) bond motifs is 2. The van der Waals surface area contributed by atoms with E-state index in [2.05, 4.69) is 27.4 Å². The highest BCUT2D eigenvalue weighted by Gasteiger charge is 2.35. The molecule has 4 heterocycles. The summed E-state index contributed by atoms with van der Waals surface area (Å²) < 4.78 is 11.5. The number of nitrogens with one attached hydrogen (secondary N) is 2. The number of ether oxygens (including phenoxy) is 1. The van der Waals surface area contributed by atoms with E-state index in [1.807, 2.05) is 18.2 Å². The van der Waals surface area contributed by atoms with Crippen molar-refractivity contribution in [2.24, 2.45) is 5.41 Å². The number of carbonyl (C=O) groups excluding carboxylic acids is 1. The van der Waals surface area contributed by atoms with Gasteiger partial charge in [0.15, 0.2) is 17.0 Å². The third-order valence-corrected chi connectivity index (χ3v) is 6.33. The largest absolute Gasteiger partial charge is 0.476 e. The summed E-state index contributed by atoms with van der Waals surface area (Å²) in [5, 5.41) is 15.8. The summed E-state index contributed by atoms with van der Waals surface area (Å²) in [6.07, 6.45) is 3.36. The molecular weight excluding hydrogens is 410 g/mol. The minimum atomic E-state index is -0.910. The number of hydrogen-bond donors (Lipinski definition) is 3. The van der Waals surface area contributed by atoms with Gasteiger partial charge in [0.2, 0.25) is 5.95 Å². The SMILES string of the molecule is CC1(CO)CCN(c2nc(Nc3ccc4c(c3)NC(=O)C(C)(C)O4)nc3ccoc23)CC1. The highest BCUT2D eigenvalue weighted by atomic mass is 16.5. The zero-order valence-corrected chi connectivity index (χ0v) is 18.4. The maximum atomic E-state index is 12.2. The Labute approximate surface area is 185 Å². The van der Waals surface area contributed by atoms with E-state index < -0.39 is 5.60 Å². The van der Waals surface area contributed by atoms with E-state index in [1.165, 1.54) is 0 Å². The van der Waals surface area contributed by atoms with Gasteiger partial charge in [-0.3, -0.25) is 4.79 Å². The second kappa shape index (κ2) is 7.37. The minimum absolute atomic E-state index is 0.0584. The first kappa shape index (κ1) is 20.6. The number of piperidine rings is 1. The molecule has 0 spiro atoms. The molecule has 9 nitrogen and oxygen atoms in total. The fraction of sp³-hybridized carbons (Fsp3) is 0.435. The Morgan fingerprint density at radius 1 is 1.19 bits per heavy atom. The van der Waals surface area contributed by atoms with Crippen molar-refractivity contribution >= 4 is 40.1 Å². The molecule has 5 rings (SSSR count). The quantitative estimate of drug-likeness (QED) is 0.567. The van der Waals surface area contributed by atoms with Crippen LogP contribution in [0.2, 0.25) is 0 Å². The lowest BCUT2D eigenvalue weighted by Crippen LogP contribution is -2.45. The van der Waals surface area contributed by atoms with Crippen LogP contribution in [0, 0.1) is 5.41 Å². The van der Waals surface area contributed by atoms with Crippen molar-refractivity contribution in [3.63, 3.8) is 0 Å². The van der Waals surface area contributed by atoms with E-state index in [0.717, 1.165) is 37.4 Å². The smallest absolute Gasteiger partial charge is 0.268 e. The standard InChI is InChI=1S/C23H27N5O4/c1-22(2)20(30)25-16-12-14(4-5-17(16)32-22)24-21-26-15-6-11-31-18(15)19(27-21)28-9-7-23(3,13-29)8-10-28/h4-6,11-12,29H,7-10,13H2,1-3H3,(H,25,30)(H,24,26,27). The molecule has 1 saturated heterocycles. The molecule has 168 valence electrons. The van der Waals surface area contributed by atoms with Gasteiger partial charge in [-0.05, 0) is 50.3 Å². The molecule has 0 radical (unpaired) electrons. The van der Waals surface area contributed by atoms with Crippen LogP contribution < -0.4 is 20.3 Å². The number of carbonyl (C=O) groups is 1. The summed E-state index contributed by atoms with van der Waals surface area (Å²) in [6, 6.07) is 7.30. The molecule has 3 aromatic rings. The maximum Gasteiger partial charge on any atom is 0.268 e. The monoisotopic (exact) mass is 437 g/mol. The van der Waals surface area contributed by atoms with Crippen LogP contribution in [0.3, 0.4) is 0 Å². The second-order valence-electron chi connectivity index (χ2n) is 9.36. The van der Waals surface area contributed by atoms with E-state index in [9.17, 15) is 9.90 Å². The summed E-state index contributed by atoms with van der Waals surface area (Å²) >= 11 is 0. The van der Waals surface area contributed by atoms with E-state index in [0.29, 0.717) is 28.5 Å². The zero-order valence-electron chi connectivity index (χ0n) is 18.4. The average molecular weight is 438 g/mol. The normalized spacial score (nSPS) is 19.2. The molecule has 0 unspecified atom stereocenters. The van der Waals surface area contributed by atoms with E-state index in [4.69, 9.17) is 14.1 Å². The third-order valence-electron chi connectivity index (χ3n) is 6.33. The Balaban J connectivity index is 1.43. The molecule has 2 aromatic heterocycles. The summed E-state index contributed by atoms with van der Waals surface area (Å²) in [5.41, 5.74) is 1.72. The van der Waals surface area contributed by atoms with Gasteiger partial charge in [0.25, 0.3) is 5.91 Å². The molecule has 1 fully saturated rings. The van der Waals surface area contributed by atoms with Crippen LogP contribution in [0.25, 0.3) is 11.1 Å². The average Bonchev–Trinajstić information content (AvgIpc) is 3.23. The number of aliphatic hydroxyl groups is 1. The lowest BCUT2D eigenvalue weighted by molar-refractivity contribution is -0.129. The molecule has 0 bridgehead atoms. The number of nitrogens with zero attached hydrogens (tertiary/aromatic N) is 3. The molecule has 2 aliphatic rings. The maximum absolute atomic E-state index is 12.2. The first-order valence-corrected chi connectivity index (χ1v) is 10.8. The van der Waals surface area contributed by atoms with Crippen molar-refractivity contribution in [2.45, 2.75) is 39.2 Å². The number of benzene rings is 1. The number of anilines is 4. The summed E-state index contributed by atoms with van der Waals surface area (Å²) in [7, 11) is 0. The molecule has 0 saturated carbocycles. The number of aliphatic hydroxyl groups excluding tert-OH is 1. The highest BCUT2D eigenvalue weighted by Crippen LogP contribution is 2.37. The van der Waals surface area contributed by atoms with Gasteiger partial charge in [0.05, 0.1) is 12.0 Å². The molecule has 1 aromatic carbocycles. The molecule has 2 aliphatic heterocycles. The Morgan fingerprint density at radius 2 is 1.97 bits per heavy atom. The molecule has 32 heavy (non-hydrogen) atoms. The van der Waals surface area contributed by atoms with Crippen molar-refractivity contribution in [2.75, 3.05) is 35.2 Å². The number of amides is 1. The lowest BCUT2D eigenvalue weighted by Gasteiger charge is -2.38. The highest BCUT2D eigenvalue weighted by molar-refractivity contribution is 6.00. The van der Waals surface area contributed by atoms with Gasteiger partial charge in [-0.15, -0.1) is 0 Å². The molecule has 3 N–H and O–H groups in total. The second-order valence-corrected chi connectivity index (χ2v) is 9.36. The molecular formula is C23H27N5O4. The van der Waals surface area contributed by atoms with Crippen LogP contribution in [0.4, 0.5) is 23.1 Å². The lowest BCUT2D eigenvalue weighted by atomic mass is 9.81. The molecule has 1 amide bonds. The van der Waals surface area contributed by atoms with E-state index in [-0.39, 0.29) is 17.9 Å². The Kier molecular flexibility index (Phi) is 4.74. The van der Waals surface area contributed by atoms with Gasteiger partial charge in [-0.25, -0.2) is 4.98 Å². The van der Waals surface area contributed by atoms with Gasteiger partial charge < -0.3 is 29.8 Å². The molecule has 9 heteroatoms. The summed E-state index contributed by atoms with van der Waals surface area (Å²) in [6.45, 7) is 7.32. The predicted octanol–water partition coefficient (Wildman–Crippen LogP) is 3.67. The zero-order chi connectivity index (χ0) is 22.5. The van der Waals surface area contributed by atoms with Crippen molar-refractivity contribution in [3.8, 4) is 5.75 Å². The first-order valence-electron chi connectivity index (χ1n) is 10.8. The predicted molar refractivity (Wildman–Crippen MR) is 122 cm³/mol. The Morgan fingerprint density at radius 3 is 2.72 bits per heavy atom. The first-order chi connectivity index (χ1) is 15.3. The number of hydrogen-bond acceptors (Lipinski definition) is 8. The van der Waals surface area contributed by atoms with Crippen molar-refractivity contribution < 1.29 is 19.1 Å². The molecule has 0 atom stereocenters. The summed E-state index contributed by atoms with van der Waals surface area (Å²) in [4.78, 5) is 23.7. The van der Waals surface area contributed by atoms with Crippen LogP contribution in [0.15, 0.2) is 34.9 Å². The van der Waals surface area contributed by atoms with Crippen LogP contribution in [-0.2, 0) is 4.79 Å². The minimum Gasteiger partial charge on any atom is -0.476 e. The summed E-state index contributed by atoms with van der Waals surface area (Å²) in [5.74, 6) is 1.60. The van der Waals surface area contributed by atoms with Gasteiger partial charge in [-0.2, -0.15) is 4.98 Å². The van der Waals surface area contributed by atoms with Crippen molar-refractivity contribution in [1.29, 1.82) is 0 Å². The van der Waals surface area contributed by atoms with Crippen LogP contribution in [0.5, 0.6) is 5.75 Å². The Hall–Kier alpha value is -3.33. The van der Waals surface area contributed by atoms with Gasteiger partial charge >= 0.3 is 0 Å². The van der Waals surface area contributed by atoms with E-state index in [1.54, 1.807) is 26.2 Å². The van der Waals surface area contributed by atoms with Crippen LogP contribution in [-0.4, -0.2) is 46.3 Å². The molecule has 0 aliphatic carbocycles. The number of rotatable bonds is 4. The van der Waals surface area contributed by atoms with Crippen LogP contribution in [0.1, 0.15) is 33.6 Å². The van der Waals surface area contributed by atoms with Gasteiger partial charge in [0.1, 0.15) is 11.3 Å². The van der Waals surface area contributed by atoms with E-state index >= 15 is 0 Å². The van der Waals surface area contributed by atoms with Gasteiger partial charge in [-0.1, -0.05) is 6.92 Å². The number of aromatic nitrogens is 2. The van der Waals surface area contributed by atoms with Gasteiger partial charge in [0, 0.05) is 31.5 Å².